The van der Waals surface area contributed by atoms with Gasteiger partial charge >= 0.3 is 6.03 Å². The molecule has 0 saturated carbocycles. The molecule has 1 atom stereocenters. The summed E-state index contributed by atoms with van der Waals surface area (Å²) < 4.78 is 5.02. The maximum Gasteiger partial charge on any atom is 0.325 e. The zero-order valence-electron chi connectivity index (χ0n) is 10.5. The fourth-order valence-electron chi connectivity index (χ4n) is 2.29. The molecule has 0 bridgehead atoms. The molecule has 2 aliphatic heterocycles. The number of nitrogens with one attached hydrogen (secondary N) is 1. The summed E-state index contributed by atoms with van der Waals surface area (Å²) in [7, 11) is 0. The molecule has 2 saturated heterocycles. The lowest BCUT2D eigenvalue weighted by molar-refractivity contribution is -0.131. The van der Waals surface area contributed by atoms with Crippen LogP contribution in [0.3, 0.4) is 0 Å². The predicted molar refractivity (Wildman–Crippen MR) is 67.4 cm³/mol. The highest BCUT2D eigenvalue weighted by atomic mass is 32.2. The van der Waals surface area contributed by atoms with E-state index in [1.165, 1.54) is 4.90 Å². The fourth-order valence-corrected chi connectivity index (χ4v) is 3.61. The first-order valence-electron chi connectivity index (χ1n) is 6.18. The monoisotopic (exact) mass is 282 g/mol. The van der Waals surface area contributed by atoms with Crippen molar-refractivity contribution in [3.8, 4) is 0 Å². The molecule has 7 nitrogen and oxygen atoms in total. The van der Waals surface area contributed by atoms with Crippen molar-refractivity contribution in [3.05, 3.63) is 11.7 Å². The number of carbonyl (C=O) groups excluding carboxylic acids is 2. The number of amides is 3. The highest BCUT2D eigenvalue weighted by Gasteiger charge is 2.53. The number of hydrogen-bond acceptors (Lipinski definition) is 6. The van der Waals surface area contributed by atoms with Crippen LogP contribution in [0.2, 0.25) is 0 Å². The van der Waals surface area contributed by atoms with E-state index in [-0.39, 0.29) is 18.5 Å². The number of nitrogens with zero attached hydrogens (tertiary/aromatic N) is 3. The number of rotatable bonds is 3. The van der Waals surface area contributed by atoms with Crippen LogP contribution < -0.4 is 5.32 Å². The molecule has 19 heavy (non-hydrogen) atoms. The van der Waals surface area contributed by atoms with Gasteiger partial charge in [0.2, 0.25) is 5.89 Å². The molecule has 0 aromatic carbocycles. The molecule has 1 aromatic rings. The quantitative estimate of drug-likeness (QED) is 0.815. The normalized spacial score (nSPS) is 26.5. The van der Waals surface area contributed by atoms with Crippen molar-refractivity contribution in [1.29, 1.82) is 0 Å². The summed E-state index contributed by atoms with van der Waals surface area (Å²) in [5.74, 6) is 2.22. The van der Waals surface area contributed by atoms with Crippen LogP contribution in [0.15, 0.2) is 4.52 Å². The molecule has 0 aliphatic carbocycles. The van der Waals surface area contributed by atoms with Gasteiger partial charge in [0.1, 0.15) is 12.1 Å². The van der Waals surface area contributed by atoms with Crippen LogP contribution in [0.5, 0.6) is 0 Å². The zero-order valence-corrected chi connectivity index (χ0v) is 11.3. The first kappa shape index (κ1) is 12.5. The lowest BCUT2D eigenvalue weighted by atomic mass is 9.99. The minimum absolute atomic E-state index is 0.0457. The van der Waals surface area contributed by atoms with Crippen molar-refractivity contribution < 1.29 is 14.1 Å². The third-order valence-corrected chi connectivity index (χ3v) is 4.58. The Kier molecular flexibility index (Phi) is 2.96. The highest BCUT2D eigenvalue weighted by molar-refractivity contribution is 7.99. The van der Waals surface area contributed by atoms with E-state index in [1.54, 1.807) is 11.8 Å². The van der Waals surface area contributed by atoms with Crippen molar-refractivity contribution in [2.75, 3.05) is 11.5 Å². The number of hydrogen-bond donors (Lipinski definition) is 1. The third kappa shape index (κ3) is 1.99. The summed E-state index contributed by atoms with van der Waals surface area (Å²) in [5.41, 5.74) is -0.713. The van der Waals surface area contributed by atoms with Crippen LogP contribution in [0, 0.1) is 0 Å². The number of thioether (sulfide) groups is 1. The maximum absolute atomic E-state index is 12.4. The van der Waals surface area contributed by atoms with Gasteiger partial charge in [0.15, 0.2) is 5.82 Å². The van der Waals surface area contributed by atoms with Gasteiger partial charge in [-0.3, -0.25) is 9.69 Å². The van der Waals surface area contributed by atoms with Crippen molar-refractivity contribution in [1.82, 2.24) is 20.4 Å². The van der Waals surface area contributed by atoms with Gasteiger partial charge in [0.25, 0.3) is 5.91 Å². The van der Waals surface area contributed by atoms with Gasteiger partial charge in [0, 0.05) is 12.2 Å². The van der Waals surface area contributed by atoms with Crippen LogP contribution in [0.25, 0.3) is 0 Å². The van der Waals surface area contributed by atoms with Gasteiger partial charge in [-0.25, -0.2) is 4.79 Å². The molecule has 102 valence electrons. The summed E-state index contributed by atoms with van der Waals surface area (Å²) in [6, 6.07) is -0.372. The standard InChI is InChI=1S/C11H14N4O3S/c1-2-7-12-8(18-14-7)5-15-9(16)11(13-10(15)17)3-4-19-6-11/h2-6H2,1H3,(H,13,17). The molecule has 1 unspecified atom stereocenters. The minimum Gasteiger partial charge on any atom is -0.337 e. The summed E-state index contributed by atoms with van der Waals surface area (Å²) in [6.07, 6.45) is 1.34. The van der Waals surface area contributed by atoms with E-state index in [4.69, 9.17) is 4.52 Å². The molecular formula is C11H14N4O3S. The second-order valence-electron chi connectivity index (χ2n) is 4.66. The number of carbonyl (C=O) groups is 2. The maximum atomic E-state index is 12.4. The Morgan fingerprint density at radius 1 is 1.53 bits per heavy atom. The molecule has 1 N–H and O–H groups in total. The van der Waals surface area contributed by atoms with Gasteiger partial charge < -0.3 is 9.84 Å². The molecule has 3 rings (SSSR count). The Labute approximate surface area is 114 Å². The van der Waals surface area contributed by atoms with Crippen LogP contribution >= 0.6 is 11.8 Å². The van der Waals surface area contributed by atoms with E-state index in [9.17, 15) is 9.59 Å². The van der Waals surface area contributed by atoms with Crippen LogP contribution in [-0.4, -0.2) is 44.0 Å². The predicted octanol–water partition coefficient (Wildman–Crippen LogP) is 0.559. The van der Waals surface area contributed by atoms with Crippen molar-refractivity contribution in [2.24, 2.45) is 0 Å². The third-order valence-electron chi connectivity index (χ3n) is 3.39. The van der Waals surface area contributed by atoms with Gasteiger partial charge in [-0.05, 0) is 12.2 Å². The van der Waals surface area contributed by atoms with E-state index in [0.717, 1.165) is 5.75 Å². The largest absolute Gasteiger partial charge is 0.337 e. The first-order valence-corrected chi connectivity index (χ1v) is 7.33. The summed E-state index contributed by atoms with van der Waals surface area (Å²) >= 11 is 1.68. The van der Waals surface area contributed by atoms with E-state index >= 15 is 0 Å². The summed E-state index contributed by atoms with van der Waals surface area (Å²) in [5, 5.41) is 6.55. The average molecular weight is 282 g/mol. The Balaban J connectivity index is 1.77. The second kappa shape index (κ2) is 4.52. The molecular weight excluding hydrogens is 268 g/mol. The van der Waals surface area contributed by atoms with Gasteiger partial charge in [-0.2, -0.15) is 16.7 Å². The summed E-state index contributed by atoms with van der Waals surface area (Å²) in [6.45, 7) is 1.96. The Hall–Kier alpha value is -1.57. The Bertz CT molecular complexity index is 524. The van der Waals surface area contributed by atoms with E-state index in [0.29, 0.717) is 30.3 Å². The second-order valence-corrected chi connectivity index (χ2v) is 5.77. The van der Waals surface area contributed by atoms with Crippen molar-refractivity contribution in [3.63, 3.8) is 0 Å². The molecule has 1 aromatic heterocycles. The number of aryl methyl sites for hydroxylation is 1. The topological polar surface area (TPSA) is 88.3 Å². The minimum atomic E-state index is -0.713. The lowest BCUT2D eigenvalue weighted by Crippen LogP contribution is -2.46. The molecule has 0 radical (unpaired) electrons. The van der Waals surface area contributed by atoms with Crippen LogP contribution in [0.1, 0.15) is 25.1 Å². The molecule has 8 heteroatoms. The van der Waals surface area contributed by atoms with Crippen molar-refractivity contribution >= 4 is 23.7 Å². The molecule has 3 amide bonds. The van der Waals surface area contributed by atoms with Crippen molar-refractivity contribution in [2.45, 2.75) is 31.8 Å². The van der Waals surface area contributed by atoms with Crippen LogP contribution in [0.4, 0.5) is 4.79 Å². The smallest absolute Gasteiger partial charge is 0.325 e. The summed E-state index contributed by atoms with van der Waals surface area (Å²) in [4.78, 5) is 29.6. The van der Waals surface area contributed by atoms with Gasteiger partial charge in [-0.15, -0.1) is 0 Å². The van der Waals surface area contributed by atoms with E-state index in [1.807, 2.05) is 6.92 Å². The first-order chi connectivity index (χ1) is 9.14. The Morgan fingerprint density at radius 2 is 2.37 bits per heavy atom. The zero-order chi connectivity index (χ0) is 13.5. The number of urea groups is 1. The van der Waals surface area contributed by atoms with E-state index in [2.05, 4.69) is 15.5 Å². The van der Waals surface area contributed by atoms with Gasteiger partial charge in [0.05, 0.1) is 0 Å². The molecule has 2 fully saturated rings. The van der Waals surface area contributed by atoms with Crippen LogP contribution in [-0.2, 0) is 17.8 Å². The molecule has 3 heterocycles. The molecule has 2 aliphatic rings. The SMILES string of the molecule is CCc1noc(CN2C(=O)NC3(CCSC3)C2=O)n1. The molecule has 1 spiro atoms. The lowest BCUT2D eigenvalue weighted by Gasteiger charge is -2.18. The van der Waals surface area contributed by atoms with Gasteiger partial charge in [-0.1, -0.05) is 12.1 Å². The number of imide groups is 1. The number of aromatic nitrogens is 2. The van der Waals surface area contributed by atoms with E-state index < -0.39 is 5.54 Å². The highest BCUT2D eigenvalue weighted by Crippen LogP contribution is 2.33. The Morgan fingerprint density at radius 3 is 3.00 bits per heavy atom. The fraction of sp³-hybridized carbons (Fsp3) is 0.636. The average Bonchev–Trinajstić information content (AvgIpc) is 3.08.